The van der Waals surface area contributed by atoms with Gasteiger partial charge < -0.3 is 10.6 Å². The first kappa shape index (κ1) is 15.9. The molecule has 2 N–H and O–H groups in total. The molecule has 0 spiro atoms. The topological polar surface area (TPSA) is 41.1 Å². The summed E-state index contributed by atoms with van der Waals surface area (Å²) in [5.41, 5.74) is 3.36. The molecular formula is C17H18F2N2O. The fourth-order valence-electron chi connectivity index (χ4n) is 2.20. The van der Waals surface area contributed by atoms with Crippen LogP contribution in [-0.2, 0) is 4.79 Å². The summed E-state index contributed by atoms with van der Waals surface area (Å²) < 4.78 is 25.8. The van der Waals surface area contributed by atoms with Crippen LogP contribution >= 0.6 is 0 Å². The van der Waals surface area contributed by atoms with E-state index in [2.05, 4.69) is 10.6 Å². The zero-order chi connectivity index (χ0) is 16.1. The Morgan fingerprint density at radius 2 is 1.64 bits per heavy atom. The van der Waals surface area contributed by atoms with Crippen molar-refractivity contribution in [1.29, 1.82) is 0 Å². The number of aryl methyl sites for hydroxylation is 2. The molecule has 0 aromatic heterocycles. The minimum atomic E-state index is -0.912. The Morgan fingerprint density at radius 3 is 2.27 bits per heavy atom. The minimum Gasteiger partial charge on any atom is -0.384 e. The predicted molar refractivity (Wildman–Crippen MR) is 84.0 cm³/mol. The van der Waals surface area contributed by atoms with E-state index in [0.717, 1.165) is 28.9 Å². The molecular weight excluding hydrogens is 286 g/mol. The Bertz CT molecular complexity index is 666. The lowest BCUT2D eigenvalue weighted by Crippen LogP contribution is -2.16. The van der Waals surface area contributed by atoms with E-state index in [4.69, 9.17) is 0 Å². The third-order valence-corrected chi connectivity index (χ3v) is 3.11. The maximum absolute atomic E-state index is 13.0. The second kappa shape index (κ2) is 7.02. The van der Waals surface area contributed by atoms with Crippen LogP contribution in [0.2, 0.25) is 0 Å². The highest BCUT2D eigenvalue weighted by Crippen LogP contribution is 2.15. The third kappa shape index (κ3) is 4.55. The largest absolute Gasteiger partial charge is 0.384 e. The Hall–Kier alpha value is -2.43. The smallest absolute Gasteiger partial charge is 0.226 e. The minimum absolute atomic E-state index is 0.139. The molecule has 1 amide bonds. The summed E-state index contributed by atoms with van der Waals surface area (Å²) in [6, 6.07) is 9.37. The third-order valence-electron chi connectivity index (χ3n) is 3.11. The molecule has 0 heterocycles. The van der Waals surface area contributed by atoms with Gasteiger partial charge >= 0.3 is 0 Å². The van der Waals surface area contributed by atoms with Crippen LogP contribution in [0.5, 0.6) is 0 Å². The van der Waals surface area contributed by atoms with Gasteiger partial charge in [0.25, 0.3) is 0 Å². The Morgan fingerprint density at radius 1 is 0.955 bits per heavy atom. The fourth-order valence-corrected chi connectivity index (χ4v) is 2.20. The Labute approximate surface area is 128 Å². The molecule has 5 heteroatoms. The van der Waals surface area contributed by atoms with Gasteiger partial charge in [0.1, 0.15) is 0 Å². The number of carbonyl (C=O) groups excluding carboxylic acids is 1. The number of benzene rings is 2. The van der Waals surface area contributed by atoms with E-state index in [1.165, 1.54) is 6.07 Å². The second-order valence-electron chi connectivity index (χ2n) is 5.23. The van der Waals surface area contributed by atoms with Gasteiger partial charge in [0.05, 0.1) is 0 Å². The van der Waals surface area contributed by atoms with E-state index in [1.54, 1.807) is 0 Å². The van der Waals surface area contributed by atoms with Crippen molar-refractivity contribution in [2.75, 3.05) is 17.2 Å². The quantitative estimate of drug-likeness (QED) is 0.876. The van der Waals surface area contributed by atoms with Crippen molar-refractivity contribution in [2.45, 2.75) is 20.3 Å². The molecule has 0 aliphatic heterocycles. The molecule has 2 rings (SSSR count). The number of hydrogen-bond donors (Lipinski definition) is 2. The highest BCUT2D eigenvalue weighted by atomic mass is 19.2. The lowest BCUT2D eigenvalue weighted by atomic mass is 10.1. The van der Waals surface area contributed by atoms with Crippen LogP contribution in [0.15, 0.2) is 36.4 Å². The SMILES string of the molecule is Cc1cc(C)cc(NC(=O)CCNc2ccc(F)c(F)c2)c1. The lowest BCUT2D eigenvalue weighted by molar-refractivity contribution is -0.115. The average molecular weight is 304 g/mol. The van der Waals surface area contributed by atoms with Gasteiger partial charge in [-0.25, -0.2) is 8.78 Å². The molecule has 116 valence electrons. The van der Waals surface area contributed by atoms with Crippen LogP contribution in [0, 0.1) is 25.5 Å². The van der Waals surface area contributed by atoms with Gasteiger partial charge in [0, 0.05) is 24.3 Å². The van der Waals surface area contributed by atoms with Crippen LogP contribution < -0.4 is 10.6 Å². The molecule has 0 bridgehead atoms. The second-order valence-corrected chi connectivity index (χ2v) is 5.23. The number of halogens is 2. The van der Waals surface area contributed by atoms with Crippen molar-refractivity contribution in [2.24, 2.45) is 0 Å². The summed E-state index contributed by atoms with van der Waals surface area (Å²) in [5, 5.41) is 5.70. The maximum Gasteiger partial charge on any atom is 0.226 e. The normalized spacial score (nSPS) is 10.4. The highest BCUT2D eigenvalue weighted by molar-refractivity contribution is 5.91. The van der Waals surface area contributed by atoms with Crippen molar-refractivity contribution >= 4 is 17.3 Å². The standard InChI is InChI=1S/C17H18F2N2O/c1-11-7-12(2)9-14(8-11)21-17(22)5-6-20-13-3-4-15(18)16(19)10-13/h3-4,7-10,20H,5-6H2,1-2H3,(H,21,22). The fraction of sp³-hybridized carbons (Fsp3) is 0.235. The molecule has 3 nitrogen and oxygen atoms in total. The van der Waals surface area contributed by atoms with E-state index in [1.807, 2.05) is 32.0 Å². The average Bonchev–Trinajstić information content (AvgIpc) is 2.41. The van der Waals surface area contributed by atoms with E-state index in [9.17, 15) is 13.6 Å². The molecule has 2 aromatic carbocycles. The number of hydrogen-bond acceptors (Lipinski definition) is 2. The van der Waals surface area contributed by atoms with Gasteiger partial charge in [0.15, 0.2) is 11.6 Å². The van der Waals surface area contributed by atoms with Crippen molar-refractivity contribution < 1.29 is 13.6 Å². The summed E-state index contributed by atoms with van der Waals surface area (Å²) in [6.07, 6.45) is 0.228. The van der Waals surface area contributed by atoms with Crippen LogP contribution in [0.1, 0.15) is 17.5 Å². The van der Waals surface area contributed by atoms with Gasteiger partial charge in [-0.3, -0.25) is 4.79 Å². The van der Waals surface area contributed by atoms with Gasteiger partial charge in [-0.15, -0.1) is 0 Å². The van der Waals surface area contributed by atoms with Crippen molar-refractivity contribution in [3.63, 3.8) is 0 Å². The van der Waals surface area contributed by atoms with Crippen molar-refractivity contribution in [1.82, 2.24) is 0 Å². The Kier molecular flexibility index (Phi) is 5.09. The zero-order valence-corrected chi connectivity index (χ0v) is 12.5. The lowest BCUT2D eigenvalue weighted by Gasteiger charge is -2.09. The molecule has 0 saturated carbocycles. The first-order valence-electron chi connectivity index (χ1n) is 7.01. The van der Waals surface area contributed by atoms with Gasteiger partial charge in [0.2, 0.25) is 5.91 Å². The maximum atomic E-state index is 13.0. The summed E-state index contributed by atoms with van der Waals surface area (Å²) >= 11 is 0. The summed E-state index contributed by atoms with van der Waals surface area (Å²) in [7, 11) is 0. The van der Waals surface area contributed by atoms with Gasteiger partial charge in [-0.1, -0.05) is 6.07 Å². The molecule has 0 aliphatic rings. The highest BCUT2D eigenvalue weighted by Gasteiger charge is 2.05. The number of amides is 1. The molecule has 22 heavy (non-hydrogen) atoms. The van der Waals surface area contributed by atoms with Crippen LogP contribution in [0.3, 0.4) is 0 Å². The van der Waals surface area contributed by atoms with E-state index >= 15 is 0 Å². The van der Waals surface area contributed by atoms with E-state index in [-0.39, 0.29) is 12.3 Å². The van der Waals surface area contributed by atoms with Gasteiger partial charge in [-0.2, -0.15) is 0 Å². The molecule has 0 fully saturated rings. The van der Waals surface area contributed by atoms with Crippen LogP contribution in [0.25, 0.3) is 0 Å². The number of nitrogens with one attached hydrogen (secondary N) is 2. The monoisotopic (exact) mass is 304 g/mol. The van der Waals surface area contributed by atoms with Gasteiger partial charge in [-0.05, 0) is 55.3 Å². The molecule has 0 unspecified atom stereocenters. The summed E-state index contributed by atoms with van der Waals surface area (Å²) in [5.74, 6) is -1.94. The van der Waals surface area contributed by atoms with Crippen LogP contribution in [-0.4, -0.2) is 12.5 Å². The summed E-state index contributed by atoms with van der Waals surface area (Å²) in [4.78, 5) is 11.9. The molecule has 0 atom stereocenters. The predicted octanol–water partition coefficient (Wildman–Crippen LogP) is 4.02. The first-order valence-corrected chi connectivity index (χ1v) is 7.01. The van der Waals surface area contributed by atoms with Crippen molar-refractivity contribution in [3.8, 4) is 0 Å². The molecule has 0 aliphatic carbocycles. The van der Waals surface area contributed by atoms with E-state index in [0.29, 0.717) is 12.2 Å². The van der Waals surface area contributed by atoms with E-state index < -0.39 is 11.6 Å². The first-order chi connectivity index (χ1) is 10.4. The zero-order valence-electron chi connectivity index (χ0n) is 12.5. The molecule has 0 saturated heterocycles. The number of rotatable bonds is 5. The van der Waals surface area contributed by atoms with Crippen LogP contribution in [0.4, 0.5) is 20.2 Å². The summed E-state index contributed by atoms with van der Waals surface area (Å²) in [6.45, 7) is 4.27. The Balaban J connectivity index is 1.83. The molecule has 2 aromatic rings. The van der Waals surface area contributed by atoms with Crippen molar-refractivity contribution in [3.05, 3.63) is 59.2 Å². The number of carbonyl (C=O) groups is 1. The number of anilines is 2. The molecule has 0 radical (unpaired) electrons.